The Morgan fingerprint density at radius 2 is 1.40 bits per heavy atom. The quantitative estimate of drug-likeness (QED) is 0.127. The van der Waals surface area contributed by atoms with E-state index < -0.39 is 5.97 Å². The van der Waals surface area contributed by atoms with E-state index in [-0.39, 0.29) is 11.0 Å². The summed E-state index contributed by atoms with van der Waals surface area (Å²) in [6.45, 7) is 4.59. The Kier molecular flexibility index (Phi) is 7.85. The van der Waals surface area contributed by atoms with Gasteiger partial charge < -0.3 is 14.4 Å². The number of para-hydroxylation sites is 2. The number of aliphatic carboxylic acids is 1. The number of furan rings is 1. The van der Waals surface area contributed by atoms with Crippen molar-refractivity contribution in [2.75, 3.05) is 4.90 Å². The fourth-order valence-electron chi connectivity index (χ4n) is 6.86. The van der Waals surface area contributed by atoms with Gasteiger partial charge in [-0.25, -0.2) is 4.79 Å². The summed E-state index contributed by atoms with van der Waals surface area (Å²) < 4.78 is 5.90. The Morgan fingerprint density at radius 1 is 0.787 bits per heavy atom. The molecule has 0 radical (unpaired) electrons. The van der Waals surface area contributed by atoms with Crippen molar-refractivity contribution in [2.24, 2.45) is 0 Å². The first-order valence-corrected chi connectivity index (χ1v) is 16.5. The van der Waals surface area contributed by atoms with Gasteiger partial charge in [-0.2, -0.15) is 5.26 Å². The van der Waals surface area contributed by atoms with E-state index in [1.165, 1.54) is 28.3 Å². The van der Waals surface area contributed by atoms with Crippen LogP contribution >= 0.6 is 11.3 Å². The van der Waals surface area contributed by atoms with E-state index in [4.69, 9.17) is 9.68 Å². The topological polar surface area (TPSA) is 77.5 Å². The van der Waals surface area contributed by atoms with Gasteiger partial charge in [-0.15, -0.1) is 11.3 Å². The van der Waals surface area contributed by atoms with E-state index >= 15 is 0 Å². The van der Waals surface area contributed by atoms with Gasteiger partial charge in [0, 0.05) is 33.4 Å². The standard InChI is InChI=1S/C41H32N2O3S/c1-3-41(4-2)35-24-27(38-21-22-39(47-38)37-20-17-32(46-37)23-28(26-42)40(44)45)15-18-33(35)34-19-16-31(25-36(34)41)43(29-11-7-5-8-12-29)30-13-9-6-10-14-30/h5-25H,3-4H2,1-2H3,(H,44,45)/b28-23+. The van der Waals surface area contributed by atoms with E-state index in [0.717, 1.165) is 45.2 Å². The maximum Gasteiger partial charge on any atom is 0.346 e. The van der Waals surface area contributed by atoms with Crippen LogP contribution in [0.5, 0.6) is 0 Å². The van der Waals surface area contributed by atoms with E-state index in [0.29, 0.717) is 11.5 Å². The van der Waals surface area contributed by atoms with Crippen molar-refractivity contribution in [3.8, 4) is 38.3 Å². The molecule has 0 amide bonds. The number of rotatable bonds is 9. The minimum Gasteiger partial charge on any atom is -0.477 e. The van der Waals surface area contributed by atoms with Gasteiger partial charge in [-0.3, -0.25) is 0 Å². The number of fused-ring (bicyclic) bond motifs is 3. The van der Waals surface area contributed by atoms with Gasteiger partial charge in [-0.05, 0) is 107 Å². The van der Waals surface area contributed by atoms with Crippen molar-refractivity contribution in [3.05, 3.63) is 144 Å². The average Bonchev–Trinajstić information content (AvgIpc) is 3.85. The molecule has 6 heteroatoms. The molecule has 1 N–H and O–H groups in total. The third kappa shape index (κ3) is 5.25. The number of nitriles is 1. The normalized spacial score (nSPS) is 13.1. The van der Waals surface area contributed by atoms with Crippen LogP contribution in [0.2, 0.25) is 0 Å². The van der Waals surface area contributed by atoms with Gasteiger partial charge in [0.15, 0.2) is 0 Å². The zero-order chi connectivity index (χ0) is 32.5. The van der Waals surface area contributed by atoms with Crippen LogP contribution in [0.25, 0.3) is 38.3 Å². The summed E-state index contributed by atoms with van der Waals surface area (Å²) in [5.41, 5.74) is 9.35. The fraction of sp³-hybridized carbons (Fsp3) is 0.122. The van der Waals surface area contributed by atoms with E-state index in [1.54, 1.807) is 23.5 Å². The monoisotopic (exact) mass is 632 g/mol. The number of thiophene rings is 1. The maximum atomic E-state index is 11.2. The molecule has 47 heavy (non-hydrogen) atoms. The van der Waals surface area contributed by atoms with Crippen molar-refractivity contribution in [1.82, 2.24) is 0 Å². The number of hydrogen-bond acceptors (Lipinski definition) is 5. The molecule has 1 aliphatic carbocycles. The lowest BCUT2D eigenvalue weighted by molar-refractivity contribution is -0.132. The molecule has 0 saturated carbocycles. The van der Waals surface area contributed by atoms with Gasteiger partial charge in [-0.1, -0.05) is 68.4 Å². The van der Waals surface area contributed by atoms with Gasteiger partial charge >= 0.3 is 5.97 Å². The molecule has 0 bridgehead atoms. The Balaban J connectivity index is 1.26. The van der Waals surface area contributed by atoms with Crippen LogP contribution < -0.4 is 4.90 Å². The van der Waals surface area contributed by atoms with Crippen LogP contribution in [0.1, 0.15) is 43.6 Å². The Hall–Kier alpha value is -5.64. The Morgan fingerprint density at radius 3 is 2.02 bits per heavy atom. The first-order valence-electron chi connectivity index (χ1n) is 15.7. The summed E-state index contributed by atoms with van der Waals surface area (Å²) in [6.07, 6.45) is 3.21. The first-order chi connectivity index (χ1) is 23.0. The molecular formula is C41H32N2O3S. The highest BCUT2D eigenvalue weighted by Crippen LogP contribution is 2.55. The van der Waals surface area contributed by atoms with Crippen LogP contribution in [0.4, 0.5) is 17.1 Å². The molecule has 0 fully saturated rings. The first kappa shape index (κ1) is 30.0. The average molecular weight is 633 g/mol. The number of carboxylic acid groups (broad SMARTS) is 1. The SMILES string of the molecule is CCC1(CC)c2cc(-c3ccc(-c4ccc(/C=C(\C#N)C(=O)O)o4)s3)ccc2-c2ccc(N(c3ccccc3)c3ccccc3)cc21. The smallest absolute Gasteiger partial charge is 0.346 e. The van der Waals surface area contributed by atoms with Gasteiger partial charge in [0.2, 0.25) is 0 Å². The lowest BCUT2D eigenvalue weighted by Crippen LogP contribution is -2.23. The largest absolute Gasteiger partial charge is 0.477 e. The molecule has 0 saturated heterocycles. The van der Waals surface area contributed by atoms with Crippen LogP contribution in [0, 0.1) is 11.3 Å². The molecule has 7 rings (SSSR count). The van der Waals surface area contributed by atoms with Crippen molar-refractivity contribution < 1.29 is 14.3 Å². The molecule has 230 valence electrons. The second-order valence-electron chi connectivity index (χ2n) is 11.6. The van der Waals surface area contributed by atoms with Crippen molar-refractivity contribution in [3.63, 3.8) is 0 Å². The second-order valence-corrected chi connectivity index (χ2v) is 12.7. The Bertz CT molecular complexity index is 2130. The summed E-state index contributed by atoms with van der Waals surface area (Å²) in [4.78, 5) is 15.6. The van der Waals surface area contributed by atoms with Crippen LogP contribution in [-0.2, 0) is 10.2 Å². The number of carbonyl (C=O) groups is 1. The molecule has 2 heterocycles. The van der Waals surface area contributed by atoms with Crippen molar-refractivity contribution in [2.45, 2.75) is 32.1 Å². The number of hydrogen-bond donors (Lipinski definition) is 1. The van der Waals surface area contributed by atoms with Gasteiger partial charge in [0.25, 0.3) is 0 Å². The number of benzene rings is 4. The fourth-order valence-corrected chi connectivity index (χ4v) is 7.83. The molecule has 5 nitrogen and oxygen atoms in total. The third-order valence-electron chi connectivity index (χ3n) is 9.24. The third-order valence-corrected chi connectivity index (χ3v) is 10.4. The van der Waals surface area contributed by atoms with Crippen molar-refractivity contribution >= 4 is 40.4 Å². The molecule has 0 aliphatic heterocycles. The summed E-state index contributed by atoms with van der Waals surface area (Å²) in [7, 11) is 0. The van der Waals surface area contributed by atoms with Crippen LogP contribution in [0.3, 0.4) is 0 Å². The highest BCUT2D eigenvalue weighted by molar-refractivity contribution is 7.18. The molecular weight excluding hydrogens is 601 g/mol. The molecule has 0 unspecified atom stereocenters. The predicted molar refractivity (Wildman–Crippen MR) is 190 cm³/mol. The zero-order valence-electron chi connectivity index (χ0n) is 26.1. The predicted octanol–water partition coefficient (Wildman–Crippen LogP) is 11.2. The van der Waals surface area contributed by atoms with Gasteiger partial charge in [0.05, 0.1) is 4.88 Å². The van der Waals surface area contributed by atoms with E-state index in [9.17, 15) is 9.90 Å². The lowest BCUT2D eigenvalue weighted by Gasteiger charge is -2.32. The minimum atomic E-state index is -1.28. The molecule has 1 aliphatic rings. The molecule has 4 aromatic carbocycles. The van der Waals surface area contributed by atoms with Gasteiger partial charge in [0.1, 0.15) is 23.2 Å². The highest BCUT2D eigenvalue weighted by atomic mass is 32.1. The van der Waals surface area contributed by atoms with Crippen LogP contribution in [0.15, 0.2) is 131 Å². The molecule has 2 aromatic heterocycles. The molecule has 0 atom stereocenters. The summed E-state index contributed by atoms with van der Waals surface area (Å²) in [5, 5.41) is 18.3. The van der Waals surface area contributed by atoms with Crippen molar-refractivity contribution in [1.29, 1.82) is 5.26 Å². The summed E-state index contributed by atoms with van der Waals surface area (Å²) in [5.74, 6) is -0.315. The van der Waals surface area contributed by atoms with Crippen LogP contribution in [-0.4, -0.2) is 11.1 Å². The van der Waals surface area contributed by atoms with E-state index in [2.05, 4.69) is 122 Å². The number of anilines is 3. The lowest BCUT2D eigenvalue weighted by atomic mass is 9.73. The zero-order valence-corrected chi connectivity index (χ0v) is 26.9. The summed E-state index contributed by atoms with van der Waals surface area (Å²) in [6, 6.07) is 44.2. The molecule has 0 spiro atoms. The molecule has 6 aromatic rings. The Labute approximate surface area is 278 Å². The maximum absolute atomic E-state index is 11.2. The summed E-state index contributed by atoms with van der Waals surface area (Å²) >= 11 is 1.63. The second kappa shape index (κ2) is 12.3. The number of carboxylic acids is 1. The highest BCUT2D eigenvalue weighted by Gasteiger charge is 2.41. The minimum absolute atomic E-state index is 0.124. The number of nitrogens with zero attached hydrogens (tertiary/aromatic N) is 2. The van der Waals surface area contributed by atoms with E-state index in [1.807, 2.05) is 12.1 Å².